The molecule has 0 bridgehead atoms. The average Bonchev–Trinajstić information content (AvgIpc) is 3.22. The van der Waals surface area contributed by atoms with Crippen molar-refractivity contribution in [1.82, 2.24) is 9.55 Å². The van der Waals surface area contributed by atoms with Crippen LogP contribution in [0.1, 0.15) is 37.7 Å². The number of benzene rings is 3. The molecule has 4 aromatic rings. The molecular weight excluding hydrogens is 531 g/mol. The summed E-state index contributed by atoms with van der Waals surface area (Å²) in [5.74, 6) is 0.453. The summed E-state index contributed by atoms with van der Waals surface area (Å²) in [6.07, 6.45) is -4.41. The molecule has 0 aliphatic heterocycles. The van der Waals surface area contributed by atoms with Crippen LogP contribution >= 0.6 is 0 Å². The minimum absolute atomic E-state index is 0.00487. The molecule has 0 saturated carbocycles. The second-order valence-corrected chi connectivity index (χ2v) is 11.9. The van der Waals surface area contributed by atoms with Crippen LogP contribution in [-0.4, -0.2) is 29.6 Å². The number of halogens is 3. The summed E-state index contributed by atoms with van der Waals surface area (Å²) in [6.45, 7) is 5.08. The van der Waals surface area contributed by atoms with Gasteiger partial charge < -0.3 is 14.6 Å². The fourth-order valence-corrected chi connectivity index (χ4v) is 5.15. The number of anilines is 1. The minimum Gasteiger partial charge on any atom is -0.480 e. The third kappa shape index (κ3) is 6.08. The Morgan fingerprint density at radius 1 is 1.00 bits per heavy atom. The maximum atomic E-state index is 12.9. The van der Waals surface area contributed by atoms with Crippen LogP contribution in [-0.2, 0) is 39.9 Å². The van der Waals surface area contributed by atoms with Gasteiger partial charge in [-0.25, -0.2) is 13.4 Å². The molecule has 0 aliphatic rings. The number of carbonyl (C=O) groups excluding carboxylic acids is 1. The highest BCUT2D eigenvalue weighted by Gasteiger charge is 2.32. The fraction of sp³-hybridized carbons (Fsp3) is 0.286. The lowest BCUT2D eigenvalue weighted by Crippen LogP contribution is -2.29. The van der Waals surface area contributed by atoms with E-state index in [0.717, 1.165) is 17.6 Å². The Morgan fingerprint density at radius 2 is 1.64 bits per heavy atom. The van der Waals surface area contributed by atoms with E-state index < -0.39 is 27.2 Å². The number of hydrogen-bond donors (Lipinski definition) is 1. The molecule has 0 radical (unpaired) electrons. The number of aromatic nitrogens is 2. The molecule has 4 rings (SSSR count). The molecule has 11 heteroatoms. The SMILES string of the molecule is CCS(=O)(=O)c1ccc(CC(=O)Nc2cccc3c2nc(C(C)(C)Oc2ccc(C(F)(F)F)cc2)n3C)cc1. The van der Waals surface area contributed by atoms with Gasteiger partial charge in [-0.05, 0) is 67.9 Å². The molecule has 0 unspecified atom stereocenters. The lowest BCUT2D eigenvalue weighted by atomic mass is 10.1. The number of amides is 1. The van der Waals surface area contributed by atoms with Crippen LogP contribution in [0, 0.1) is 0 Å². The Hall–Kier alpha value is -3.86. The topological polar surface area (TPSA) is 90.3 Å². The number of para-hydroxylation sites is 1. The standard InChI is InChI=1S/C28H28F3N3O4S/c1-5-39(36,37)21-15-9-18(10-16-21)17-24(35)32-22-7-6-8-23-25(22)33-26(34(23)4)27(2,3)38-20-13-11-19(12-14-20)28(29,30)31/h6-16H,5,17H2,1-4H3,(H,32,35). The van der Waals surface area contributed by atoms with Crippen molar-refractivity contribution in [1.29, 1.82) is 0 Å². The molecule has 1 heterocycles. The molecule has 1 amide bonds. The maximum Gasteiger partial charge on any atom is 0.416 e. The van der Waals surface area contributed by atoms with Crippen molar-refractivity contribution in [2.45, 2.75) is 43.9 Å². The quantitative estimate of drug-likeness (QED) is 0.291. The van der Waals surface area contributed by atoms with Crippen molar-refractivity contribution in [3.05, 3.63) is 83.7 Å². The number of fused-ring (bicyclic) bond motifs is 1. The number of carbonyl (C=O) groups is 1. The van der Waals surface area contributed by atoms with E-state index in [1.807, 2.05) is 10.6 Å². The summed E-state index contributed by atoms with van der Waals surface area (Å²) < 4.78 is 70.6. The minimum atomic E-state index is -4.44. The number of imidazole rings is 1. The fourth-order valence-electron chi connectivity index (χ4n) is 4.27. The Labute approximate surface area is 224 Å². The normalized spacial score (nSPS) is 12.5. The first kappa shape index (κ1) is 28.2. The highest BCUT2D eigenvalue weighted by molar-refractivity contribution is 7.91. The Balaban J connectivity index is 1.54. The van der Waals surface area contributed by atoms with Crippen LogP contribution < -0.4 is 10.1 Å². The number of hydrogen-bond acceptors (Lipinski definition) is 5. The van der Waals surface area contributed by atoms with Crippen LogP contribution in [0.15, 0.2) is 71.6 Å². The summed E-state index contributed by atoms with van der Waals surface area (Å²) in [4.78, 5) is 17.8. The van der Waals surface area contributed by atoms with E-state index in [2.05, 4.69) is 5.32 Å². The zero-order chi connectivity index (χ0) is 28.6. The van der Waals surface area contributed by atoms with Crippen molar-refractivity contribution in [3.63, 3.8) is 0 Å². The second-order valence-electron chi connectivity index (χ2n) is 9.57. The Kier molecular flexibility index (Phi) is 7.48. The molecule has 7 nitrogen and oxygen atoms in total. The number of rotatable bonds is 8. The first-order chi connectivity index (χ1) is 18.2. The van der Waals surface area contributed by atoms with Gasteiger partial charge in [0.25, 0.3) is 0 Å². The van der Waals surface area contributed by atoms with Crippen LogP contribution in [0.2, 0.25) is 0 Å². The van der Waals surface area contributed by atoms with Gasteiger partial charge in [-0.2, -0.15) is 13.2 Å². The predicted octanol–water partition coefficient (Wildman–Crippen LogP) is 5.88. The van der Waals surface area contributed by atoms with E-state index in [4.69, 9.17) is 9.72 Å². The highest BCUT2D eigenvalue weighted by Crippen LogP contribution is 2.34. The molecule has 206 valence electrons. The number of nitrogens with one attached hydrogen (secondary N) is 1. The molecule has 3 aromatic carbocycles. The monoisotopic (exact) mass is 559 g/mol. The number of aryl methyl sites for hydroxylation is 1. The summed E-state index contributed by atoms with van der Waals surface area (Å²) in [7, 11) is -1.53. The third-order valence-corrected chi connectivity index (χ3v) is 8.06. The van der Waals surface area contributed by atoms with Crippen LogP contribution in [0.5, 0.6) is 5.75 Å². The summed E-state index contributed by atoms with van der Waals surface area (Å²) in [5, 5.41) is 2.87. The Morgan fingerprint density at radius 3 is 2.23 bits per heavy atom. The molecule has 0 atom stereocenters. The summed E-state index contributed by atoms with van der Waals surface area (Å²) in [6, 6.07) is 16.0. The van der Waals surface area contributed by atoms with Crippen molar-refractivity contribution in [2.75, 3.05) is 11.1 Å². The van der Waals surface area contributed by atoms with E-state index in [9.17, 15) is 26.4 Å². The predicted molar refractivity (Wildman–Crippen MR) is 142 cm³/mol. The lowest BCUT2D eigenvalue weighted by molar-refractivity contribution is -0.137. The van der Waals surface area contributed by atoms with Crippen LogP contribution in [0.3, 0.4) is 0 Å². The third-order valence-electron chi connectivity index (χ3n) is 6.31. The molecule has 39 heavy (non-hydrogen) atoms. The van der Waals surface area contributed by atoms with Crippen molar-refractivity contribution in [2.24, 2.45) is 7.05 Å². The van der Waals surface area contributed by atoms with Crippen LogP contribution in [0.4, 0.5) is 18.9 Å². The second kappa shape index (κ2) is 10.4. The largest absolute Gasteiger partial charge is 0.480 e. The van der Waals surface area contributed by atoms with E-state index in [1.165, 1.54) is 24.3 Å². The van der Waals surface area contributed by atoms with Gasteiger partial charge in [0.1, 0.15) is 11.3 Å². The number of nitrogens with zero attached hydrogens (tertiary/aromatic N) is 2. The van der Waals surface area contributed by atoms with Gasteiger partial charge in [-0.3, -0.25) is 4.79 Å². The van der Waals surface area contributed by atoms with Crippen molar-refractivity contribution < 1.29 is 31.1 Å². The lowest BCUT2D eigenvalue weighted by Gasteiger charge is -2.26. The first-order valence-corrected chi connectivity index (χ1v) is 13.8. The number of sulfone groups is 1. The molecular formula is C28H28F3N3O4S. The van der Waals surface area contributed by atoms with E-state index in [0.29, 0.717) is 22.6 Å². The molecule has 0 fully saturated rings. The average molecular weight is 560 g/mol. The molecule has 0 spiro atoms. The zero-order valence-corrected chi connectivity index (χ0v) is 22.7. The molecule has 1 aromatic heterocycles. The van der Waals surface area contributed by atoms with Gasteiger partial charge in [-0.15, -0.1) is 0 Å². The van der Waals surface area contributed by atoms with Crippen LogP contribution in [0.25, 0.3) is 11.0 Å². The molecule has 0 aliphatic carbocycles. The Bertz CT molecular complexity index is 1610. The van der Waals surface area contributed by atoms with Gasteiger partial charge in [-0.1, -0.05) is 25.1 Å². The number of ether oxygens (including phenoxy) is 1. The van der Waals surface area contributed by atoms with Gasteiger partial charge >= 0.3 is 6.18 Å². The van der Waals surface area contributed by atoms with Gasteiger partial charge in [0.05, 0.1) is 33.8 Å². The maximum absolute atomic E-state index is 12.9. The molecule has 0 saturated heterocycles. The van der Waals surface area contributed by atoms with Gasteiger partial charge in [0.2, 0.25) is 5.91 Å². The smallest absolute Gasteiger partial charge is 0.416 e. The van der Waals surface area contributed by atoms with E-state index >= 15 is 0 Å². The summed E-state index contributed by atoms with van der Waals surface area (Å²) >= 11 is 0. The zero-order valence-electron chi connectivity index (χ0n) is 21.8. The van der Waals surface area contributed by atoms with E-state index in [1.54, 1.807) is 52.1 Å². The van der Waals surface area contributed by atoms with Gasteiger partial charge in [0.15, 0.2) is 21.3 Å². The van der Waals surface area contributed by atoms with E-state index in [-0.39, 0.29) is 28.7 Å². The van der Waals surface area contributed by atoms with Gasteiger partial charge in [0, 0.05) is 7.05 Å². The van der Waals surface area contributed by atoms with Crippen molar-refractivity contribution >= 4 is 32.5 Å². The van der Waals surface area contributed by atoms with Crippen molar-refractivity contribution in [3.8, 4) is 5.75 Å². The molecule has 1 N–H and O–H groups in total. The highest BCUT2D eigenvalue weighted by atomic mass is 32.2. The summed E-state index contributed by atoms with van der Waals surface area (Å²) in [5.41, 5.74) is 0.600. The number of alkyl halides is 3. The first-order valence-electron chi connectivity index (χ1n) is 12.1.